The van der Waals surface area contributed by atoms with E-state index in [1.165, 1.54) is 29.6 Å². The number of carbonyl (C=O) groups is 2. The smallest absolute Gasteiger partial charge is 0.271 e. The molecule has 1 aliphatic rings. The van der Waals surface area contributed by atoms with Crippen LogP contribution in [0, 0.1) is 10.1 Å². The minimum absolute atomic E-state index is 0.00770. The van der Waals surface area contributed by atoms with Crippen LogP contribution in [0.1, 0.15) is 19.3 Å². The van der Waals surface area contributed by atoms with Gasteiger partial charge in [0.05, 0.1) is 17.3 Å². The topological polar surface area (TPSA) is 138 Å². The van der Waals surface area contributed by atoms with E-state index in [-0.39, 0.29) is 23.9 Å². The van der Waals surface area contributed by atoms with Crippen LogP contribution in [0.5, 0.6) is 0 Å². The van der Waals surface area contributed by atoms with E-state index in [4.69, 9.17) is 4.74 Å². The number of nitro groups is 1. The third-order valence-electron chi connectivity index (χ3n) is 3.76. The molecule has 1 amide bonds. The average molecular weight is 337 g/mol. The number of nitrogens with zero attached hydrogens (tertiary/aromatic N) is 1. The van der Waals surface area contributed by atoms with Crippen LogP contribution in [0.15, 0.2) is 24.3 Å². The minimum atomic E-state index is -1.33. The fourth-order valence-corrected chi connectivity index (χ4v) is 2.52. The molecule has 130 valence electrons. The SMILES string of the molecule is O=C(C[C@@H]([NH2+]C[C@@H]1CCCO1)C(=O)[O-])Nc1cccc([N+](=O)[O-])c1. The molecule has 24 heavy (non-hydrogen) atoms. The van der Waals surface area contributed by atoms with E-state index in [1.807, 2.05) is 0 Å². The van der Waals surface area contributed by atoms with Gasteiger partial charge in [0.2, 0.25) is 5.91 Å². The number of non-ortho nitro benzene ring substituents is 1. The number of nitrogens with two attached hydrogens (primary N) is 1. The number of benzene rings is 1. The van der Waals surface area contributed by atoms with Crippen molar-refractivity contribution in [1.82, 2.24) is 0 Å². The van der Waals surface area contributed by atoms with Crippen LogP contribution in [0.3, 0.4) is 0 Å². The van der Waals surface area contributed by atoms with Crippen LogP contribution in [0.2, 0.25) is 0 Å². The van der Waals surface area contributed by atoms with Crippen molar-refractivity contribution in [3.05, 3.63) is 34.4 Å². The van der Waals surface area contributed by atoms with Gasteiger partial charge in [0.25, 0.3) is 5.69 Å². The molecule has 0 bridgehead atoms. The second-order valence-corrected chi connectivity index (χ2v) is 5.59. The molecular formula is C15H19N3O6. The summed E-state index contributed by atoms with van der Waals surface area (Å²) >= 11 is 0. The molecule has 0 saturated carbocycles. The van der Waals surface area contributed by atoms with Crippen molar-refractivity contribution in [2.45, 2.75) is 31.4 Å². The quantitative estimate of drug-likeness (QED) is 0.450. The highest BCUT2D eigenvalue weighted by Crippen LogP contribution is 2.17. The molecule has 0 aliphatic carbocycles. The van der Waals surface area contributed by atoms with Crippen LogP contribution < -0.4 is 15.7 Å². The fraction of sp³-hybridized carbons (Fsp3) is 0.467. The lowest BCUT2D eigenvalue weighted by Crippen LogP contribution is -2.94. The third kappa shape index (κ3) is 5.28. The van der Waals surface area contributed by atoms with E-state index >= 15 is 0 Å². The Morgan fingerprint density at radius 3 is 2.88 bits per heavy atom. The zero-order valence-electron chi connectivity index (χ0n) is 13.0. The lowest BCUT2D eigenvalue weighted by molar-refractivity contribution is -0.687. The van der Waals surface area contributed by atoms with Gasteiger partial charge in [-0.25, -0.2) is 0 Å². The predicted molar refractivity (Wildman–Crippen MR) is 80.9 cm³/mol. The average Bonchev–Trinajstić information content (AvgIpc) is 3.04. The summed E-state index contributed by atoms with van der Waals surface area (Å²) in [5, 5.41) is 25.9. The molecule has 0 spiro atoms. The van der Waals surface area contributed by atoms with Crippen molar-refractivity contribution in [2.24, 2.45) is 0 Å². The molecule has 9 nitrogen and oxygen atoms in total. The summed E-state index contributed by atoms with van der Waals surface area (Å²) in [7, 11) is 0. The Kier molecular flexibility index (Phi) is 6.21. The van der Waals surface area contributed by atoms with Crippen LogP contribution in [0.4, 0.5) is 11.4 Å². The maximum absolute atomic E-state index is 12.0. The number of quaternary nitrogens is 1. The molecule has 2 rings (SSSR count). The van der Waals surface area contributed by atoms with Gasteiger partial charge < -0.3 is 25.3 Å². The molecule has 9 heteroatoms. The zero-order chi connectivity index (χ0) is 17.5. The Hall–Kier alpha value is -2.52. The molecule has 0 aromatic heterocycles. The lowest BCUT2D eigenvalue weighted by Gasteiger charge is -2.18. The number of nitro benzene ring substituents is 1. The molecule has 1 saturated heterocycles. The molecule has 1 heterocycles. The van der Waals surface area contributed by atoms with Crippen molar-refractivity contribution < 1.29 is 29.7 Å². The molecule has 1 aromatic carbocycles. The first kappa shape index (κ1) is 17.8. The number of hydrogen-bond acceptors (Lipinski definition) is 6. The third-order valence-corrected chi connectivity index (χ3v) is 3.76. The maximum Gasteiger partial charge on any atom is 0.271 e. The highest BCUT2D eigenvalue weighted by Gasteiger charge is 2.23. The molecule has 1 fully saturated rings. The Balaban J connectivity index is 1.88. The van der Waals surface area contributed by atoms with Crippen molar-refractivity contribution in [2.75, 3.05) is 18.5 Å². The van der Waals surface area contributed by atoms with Crippen molar-refractivity contribution >= 4 is 23.3 Å². The van der Waals surface area contributed by atoms with Gasteiger partial charge in [-0.2, -0.15) is 0 Å². The summed E-state index contributed by atoms with van der Waals surface area (Å²) in [6.45, 7) is 1.12. The number of carbonyl (C=O) groups excluding carboxylic acids is 2. The molecule has 3 N–H and O–H groups in total. The summed E-state index contributed by atoms with van der Waals surface area (Å²) in [5.74, 6) is -1.88. The predicted octanol–water partition coefficient (Wildman–Crippen LogP) is -1.22. The summed E-state index contributed by atoms with van der Waals surface area (Å²) in [5.41, 5.74) is 0.0830. The van der Waals surface area contributed by atoms with Crippen molar-refractivity contribution in [1.29, 1.82) is 0 Å². The number of carboxylic acid groups (broad SMARTS) is 1. The van der Waals surface area contributed by atoms with Gasteiger partial charge in [0.15, 0.2) is 0 Å². The van der Waals surface area contributed by atoms with Gasteiger partial charge in [0.1, 0.15) is 18.7 Å². The van der Waals surface area contributed by atoms with Gasteiger partial charge >= 0.3 is 0 Å². The number of rotatable bonds is 8. The first-order valence-corrected chi connectivity index (χ1v) is 7.66. The van der Waals surface area contributed by atoms with E-state index in [0.717, 1.165) is 12.8 Å². The van der Waals surface area contributed by atoms with E-state index in [1.54, 1.807) is 0 Å². The normalized spacial score (nSPS) is 18.1. The van der Waals surface area contributed by atoms with Gasteiger partial charge in [-0.3, -0.25) is 14.9 Å². The second kappa shape index (κ2) is 8.37. The van der Waals surface area contributed by atoms with Crippen LogP contribution in [0.25, 0.3) is 0 Å². The molecule has 1 aliphatic heterocycles. The standard InChI is InChI=1S/C15H19N3O6/c19-14(17-10-3-1-4-11(7-10)18(22)23)8-13(15(20)21)16-9-12-5-2-6-24-12/h1,3-4,7,12-13,16H,2,5-6,8-9H2,(H,17,19)(H,20,21)/t12-,13+/m0/s1. The van der Waals surface area contributed by atoms with Gasteiger partial charge in [0, 0.05) is 24.4 Å². The van der Waals surface area contributed by atoms with E-state index in [2.05, 4.69) is 5.32 Å². The fourth-order valence-electron chi connectivity index (χ4n) is 2.52. The van der Waals surface area contributed by atoms with Crippen LogP contribution in [-0.4, -0.2) is 42.1 Å². The Morgan fingerprint density at radius 2 is 2.25 bits per heavy atom. The Labute approximate surface area is 138 Å². The van der Waals surface area contributed by atoms with Gasteiger partial charge in [-0.15, -0.1) is 0 Å². The van der Waals surface area contributed by atoms with Gasteiger partial charge in [-0.05, 0) is 18.9 Å². The molecule has 0 unspecified atom stereocenters. The summed E-state index contributed by atoms with van der Waals surface area (Å²) < 4.78 is 5.41. The summed E-state index contributed by atoms with van der Waals surface area (Å²) in [4.78, 5) is 33.3. The lowest BCUT2D eigenvalue weighted by atomic mass is 10.1. The van der Waals surface area contributed by atoms with Crippen molar-refractivity contribution in [3.63, 3.8) is 0 Å². The molecule has 2 atom stereocenters. The highest BCUT2D eigenvalue weighted by molar-refractivity contribution is 5.93. The summed E-state index contributed by atoms with van der Waals surface area (Å²) in [6.07, 6.45) is 1.52. The number of amides is 1. The minimum Gasteiger partial charge on any atom is -0.544 e. The monoisotopic (exact) mass is 337 g/mol. The maximum atomic E-state index is 12.0. The second-order valence-electron chi connectivity index (χ2n) is 5.59. The van der Waals surface area contributed by atoms with E-state index < -0.39 is 22.8 Å². The first-order valence-electron chi connectivity index (χ1n) is 7.66. The van der Waals surface area contributed by atoms with Gasteiger partial charge in [-0.1, -0.05) is 6.07 Å². The molecule has 1 aromatic rings. The number of carboxylic acids is 1. The zero-order valence-corrected chi connectivity index (χ0v) is 13.0. The number of hydrogen-bond donors (Lipinski definition) is 2. The van der Waals surface area contributed by atoms with E-state index in [0.29, 0.717) is 13.2 Å². The van der Waals surface area contributed by atoms with Crippen molar-refractivity contribution in [3.8, 4) is 0 Å². The number of anilines is 1. The number of ether oxygens (including phenoxy) is 1. The molecular weight excluding hydrogens is 318 g/mol. The van der Waals surface area contributed by atoms with Crippen LogP contribution >= 0.6 is 0 Å². The van der Waals surface area contributed by atoms with Crippen LogP contribution in [-0.2, 0) is 14.3 Å². The number of nitrogens with one attached hydrogen (secondary N) is 1. The molecule has 0 radical (unpaired) electrons. The Bertz CT molecular complexity index is 615. The van der Waals surface area contributed by atoms with E-state index in [9.17, 15) is 24.8 Å². The highest BCUT2D eigenvalue weighted by atomic mass is 16.6. The first-order chi connectivity index (χ1) is 11.5. The largest absolute Gasteiger partial charge is 0.544 e. The summed E-state index contributed by atoms with van der Waals surface area (Å²) in [6, 6.07) is 4.41. The number of aliphatic carboxylic acids is 1. The Morgan fingerprint density at radius 1 is 1.46 bits per heavy atom.